The molecule has 2 aromatic rings. The van der Waals surface area contributed by atoms with E-state index in [1.807, 2.05) is 0 Å². The highest BCUT2D eigenvalue weighted by Crippen LogP contribution is 2.39. The van der Waals surface area contributed by atoms with Gasteiger partial charge < -0.3 is 15.5 Å². The van der Waals surface area contributed by atoms with Gasteiger partial charge in [0.25, 0.3) is 0 Å². The summed E-state index contributed by atoms with van der Waals surface area (Å²) in [5, 5.41) is 20.9. The van der Waals surface area contributed by atoms with Gasteiger partial charge in [0.05, 0.1) is 40.8 Å². The average Bonchev–Trinajstić information content (AvgIpc) is 3.64. The van der Waals surface area contributed by atoms with Crippen molar-refractivity contribution in [2.75, 3.05) is 11.9 Å². The van der Waals surface area contributed by atoms with Crippen molar-refractivity contribution in [1.29, 1.82) is 0 Å². The van der Waals surface area contributed by atoms with Crippen molar-refractivity contribution < 1.29 is 32.2 Å². The quantitative estimate of drug-likeness (QED) is 0.488. The van der Waals surface area contributed by atoms with E-state index in [1.165, 1.54) is 24.5 Å². The van der Waals surface area contributed by atoms with Crippen LogP contribution in [0.4, 0.5) is 14.6 Å². The van der Waals surface area contributed by atoms with E-state index < -0.39 is 46.7 Å². The molecule has 2 saturated carbocycles. The minimum atomic E-state index is -3.38. The Hall–Kier alpha value is -2.50. The van der Waals surface area contributed by atoms with Gasteiger partial charge in [0, 0.05) is 0 Å². The first kappa shape index (κ1) is 24.6. The molecule has 1 aromatic heterocycles. The fraction of sp³-hybridized carbons (Fsp3) is 0.522. The van der Waals surface area contributed by atoms with Gasteiger partial charge in [-0.25, -0.2) is 22.2 Å². The lowest BCUT2D eigenvalue weighted by Gasteiger charge is -2.21. The summed E-state index contributed by atoms with van der Waals surface area (Å²) < 4.78 is 52.5. The fourth-order valence-electron chi connectivity index (χ4n) is 4.29. The molecule has 1 amide bonds. The molecule has 4 rings (SSSR count). The number of amides is 1. The van der Waals surface area contributed by atoms with Crippen LogP contribution in [-0.4, -0.2) is 58.7 Å². The largest absolute Gasteiger partial charge is 0.393 e. The van der Waals surface area contributed by atoms with Gasteiger partial charge in [0.1, 0.15) is 18.4 Å². The number of sulfone groups is 1. The number of nitrogens with zero attached hydrogens (tertiary/aromatic N) is 2. The molecule has 0 radical (unpaired) electrons. The molecular formula is C23H27F2N3O5S. The first-order valence-corrected chi connectivity index (χ1v) is 12.8. The number of carbonyl (C=O) groups is 1. The summed E-state index contributed by atoms with van der Waals surface area (Å²) in [6.07, 6.45) is -0.343. The fourth-order valence-corrected chi connectivity index (χ4v) is 5.95. The molecule has 4 atom stereocenters. The van der Waals surface area contributed by atoms with Crippen molar-refractivity contribution in [1.82, 2.24) is 9.97 Å². The van der Waals surface area contributed by atoms with E-state index in [0.29, 0.717) is 18.4 Å². The monoisotopic (exact) mass is 495 g/mol. The minimum Gasteiger partial charge on any atom is -0.393 e. The minimum absolute atomic E-state index is 0.0205. The Labute approximate surface area is 196 Å². The maximum atomic E-state index is 13.8. The van der Waals surface area contributed by atoms with Crippen LogP contribution < -0.4 is 5.32 Å². The predicted octanol–water partition coefficient (Wildman–Crippen LogP) is 2.64. The van der Waals surface area contributed by atoms with Crippen LogP contribution in [0.15, 0.2) is 41.6 Å². The highest BCUT2D eigenvalue weighted by molar-refractivity contribution is 7.92. The molecule has 1 aromatic carbocycles. The molecule has 0 spiro atoms. The van der Waals surface area contributed by atoms with Crippen LogP contribution in [-0.2, 0) is 14.6 Å². The lowest BCUT2D eigenvalue weighted by Crippen LogP contribution is -2.24. The van der Waals surface area contributed by atoms with Gasteiger partial charge in [-0.1, -0.05) is 12.1 Å². The zero-order valence-corrected chi connectivity index (χ0v) is 19.2. The maximum absolute atomic E-state index is 13.8. The number of carbonyl (C=O) groups excluding carboxylic acids is 1. The Kier molecular flexibility index (Phi) is 7.25. The van der Waals surface area contributed by atoms with Crippen LogP contribution in [0.25, 0.3) is 0 Å². The molecule has 0 aliphatic heterocycles. The van der Waals surface area contributed by atoms with Gasteiger partial charge in [-0.05, 0) is 55.7 Å². The van der Waals surface area contributed by atoms with Crippen molar-refractivity contribution >= 4 is 21.6 Å². The summed E-state index contributed by atoms with van der Waals surface area (Å²) in [5.74, 6) is -1.50. The molecule has 3 unspecified atom stereocenters. The normalized spacial score (nSPS) is 24.5. The maximum Gasteiger partial charge on any atom is 0.233 e. The van der Waals surface area contributed by atoms with Crippen LogP contribution in [0.3, 0.4) is 0 Å². The molecular weight excluding hydrogens is 468 g/mol. The SMILES string of the molecule is O=C(Nc1cnc(C(O)CO)cn1)[C@H](CC1CC(F)C(F)C1)c1ccc(S(=O)(=O)C2CC2)cc1. The number of anilines is 1. The number of hydrogen-bond acceptors (Lipinski definition) is 7. The molecule has 2 aliphatic carbocycles. The van der Waals surface area contributed by atoms with E-state index >= 15 is 0 Å². The number of benzene rings is 1. The van der Waals surface area contributed by atoms with Crippen LogP contribution in [0.2, 0.25) is 0 Å². The second kappa shape index (κ2) is 10.0. The average molecular weight is 496 g/mol. The molecule has 11 heteroatoms. The van der Waals surface area contributed by atoms with Gasteiger partial charge in [0.2, 0.25) is 5.91 Å². The summed E-state index contributed by atoms with van der Waals surface area (Å²) in [6.45, 7) is -0.526. The van der Waals surface area contributed by atoms with Gasteiger partial charge in [-0.15, -0.1) is 0 Å². The van der Waals surface area contributed by atoms with Crippen LogP contribution in [0.5, 0.6) is 0 Å². The zero-order chi connectivity index (χ0) is 24.5. The van der Waals surface area contributed by atoms with Crippen LogP contribution >= 0.6 is 0 Å². The molecule has 34 heavy (non-hydrogen) atoms. The number of halogens is 2. The molecule has 2 fully saturated rings. The third kappa shape index (κ3) is 5.42. The first-order chi connectivity index (χ1) is 16.2. The number of hydrogen-bond donors (Lipinski definition) is 3. The van der Waals surface area contributed by atoms with E-state index in [9.17, 15) is 27.1 Å². The summed E-state index contributed by atoms with van der Waals surface area (Å²) in [5.41, 5.74) is 0.670. The third-order valence-electron chi connectivity index (χ3n) is 6.41. The molecule has 0 bridgehead atoms. The summed E-state index contributed by atoms with van der Waals surface area (Å²) in [6, 6.07) is 6.08. The van der Waals surface area contributed by atoms with Gasteiger partial charge in [-0.3, -0.25) is 9.78 Å². The number of aliphatic hydroxyl groups is 2. The van der Waals surface area contributed by atoms with Crippen molar-refractivity contribution in [3.63, 3.8) is 0 Å². The Morgan fingerprint density at radius 2 is 1.74 bits per heavy atom. The van der Waals surface area contributed by atoms with Gasteiger partial charge in [-0.2, -0.15) is 0 Å². The van der Waals surface area contributed by atoms with Gasteiger partial charge >= 0.3 is 0 Å². The molecule has 2 aliphatic rings. The number of aromatic nitrogens is 2. The molecule has 184 valence electrons. The Balaban J connectivity index is 1.54. The smallest absolute Gasteiger partial charge is 0.233 e. The van der Waals surface area contributed by atoms with E-state index in [4.69, 9.17) is 5.11 Å². The second-order valence-corrected chi connectivity index (χ2v) is 11.2. The second-order valence-electron chi connectivity index (χ2n) is 8.99. The number of alkyl halides is 2. The summed E-state index contributed by atoms with van der Waals surface area (Å²) in [7, 11) is -3.38. The first-order valence-electron chi connectivity index (χ1n) is 11.2. The van der Waals surface area contributed by atoms with Crippen molar-refractivity contribution in [3.8, 4) is 0 Å². The lowest BCUT2D eigenvalue weighted by atomic mass is 9.87. The number of rotatable bonds is 9. The predicted molar refractivity (Wildman–Crippen MR) is 119 cm³/mol. The van der Waals surface area contributed by atoms with Gasteiger partial charge in [0.15, 0.2) is 15.7 Å². The Bertz CT molecular complexity index is 1100. The standard InChI is InChI=1S/C23H27F2N3O5S/c24-18-8-13(9-19(18)25)7-17(14-1-3-15(4-2-14)34(32,33)16-5-6-16)23(31)28-22-11-26-20(10-27-22)21(30)12-29/h1-4,10-11,13,16-19,21,29-30H,5-9,12H2,(H,27,28,31)/t13?,17-,18?,19?,21?/m1/s1. The van der Waals surface area contributed by atoms with Crippen molar-refractivity contribution in [3.05, 3.63) is 47.9 Å². The van der Waals surface area contributed by atoms with E-state index in [2.05, 4.69) is 15.3 Å². The topological polar surface area (TPSA) is 129 Å². The molecule has 8 nitrogen and oxygen atoms in total. The number of aliphatic hydroxyl groups excluding tert-OH is 2. The highest BCUT2D eigenvalue weighted by atomic mass is 32.2. The zero-order valence-electron chi connectivity index (χ0n) is 18.3. The van der Waals surface area contributed by atoms with Crippen molar-refractivity contribution in [2.24, 2.45) is 5.92 Å². The van der Waals surface area contributed by atoms with E-state index in [0.717, 1.165) is 0 Å². The van der Waals surface area contributed by atoms with Crippen molar-refractivity contribution in [2.45, 2.75) is 66.6 Å². The lowest BCUT2D eigenvalue weighted by molar-refractivity contribution is -0.118. The number of nitrogens with one attached hydrogen (secondary N) is 1. The molecule has 0 saturated heterocycles. The molecule has 3 N–H and O–H groups in total. The van der Waals surface area contributed by atoms with E-state index in [-0.39, 0.29) is 46.8 Å². The Morgan fingerprint density at radius 3 is 2.26 bits per heavy atom. The third-order valence-corrected chi connectivity index (χ3v) is 8.68. The van der Waals surface area contributed by atoms with E-state index in [1.54, 1.807) is 12.1 Å². The Morgan fingerprint density at radius 1 is 1.09 bits per heavy atom. The van der Waals surface area contributed by atoms with Crippen LogP contribution in [0, 0.1) is 5.92 Å². The van der Waals surface area contributed by atoms with Crippen LogP contribution in [0.1, 0.15) is 55.4 Å². The summed E-state index contributed by atoms with van der Waals surface area (Å²) >= 11 is 0. The summed E-state index contributed by atoms with van der Waals surface area (Å²) in [4.78, 5) is 21.3. The highest BCUT2D eigenvalue weighted by Gasteiger charge is 2.38. The molecule has 1 heterocycles.